The van der Waals surface area contributed by atoms with Gasteiger partial charge in [0.15, 0.2) is 0 Å². The van der Waals surface area contributed by atoms with Gasteiger partial charge in [0, 0.05) is 68.9 Å². The van der Waals surface area contributed by atoms with Crippen LogP contribution in [0.3, 0.4) is 0 Å². The Morgan fingerprint density at radius 3 is 2.74 bits per heavy atom. The van der Waals surface area contributed by atoms with Crippen LogP contribution in [-0.4, -0.2) is 93.1 Å². The lowest BCUT2D eigenvalue weighted by Crippen LogP contribution is -2.58. The van der Waals surface area contributed by atoms with Crippen molar-refractivity contribution in [1.82, 2.24) is 15.1 Å². The van der Waals surface area contributed by atoms with E-state index in [1.165, 1.54) is 6.07 Å². The van der Waals surface area contributed by atoms with Crippen LogP contribution in [0.15, 0.2) is 30.3 Å². The number of rotatable bonds is 9. The monoisotopic (exact) mass is 593 g/mol. The number of benzene rings is 2. The number of halogens is 1. The zero-order valence-electron chi connectivity index (χ0n) is 24.9. The standard InChI is InChI=1S/C32H40FN5O5/c1-21(3-8-30(40)34-20-39)38-18-26-25(32(38)41)5-6-27-31(26)43-19-24-17-35(13-14-37(24)27)16-22-9-11-36(12-10-22)28-15-23(33)4-7-29(28)42-2/h4-7,15,20-22,24H,3,8-14,16-19H2,1-2H3,(H,34,39,40). The molecule has 4 aliphatic rings. The van der Waals surface area contributed by atoms with Crippen molar-refractivity contribution in [3.8, 4) is 11.5 Å². The normalized spacial score (nSPS) is 21.0. The van der Waals surface area contributed by atoms with Gasteiger partial charge in [0.2, 0.25) is 12.3 Å². The van der Waals surface area contributed by atoms with Gasteiger partial charge in [0.05, 0.1) is 31.1 Å². The minimum Gasteiger partial charge on any atom is -0.495 e. The highest BCUT2D eigenvalue weighted by atomic mass is 19.1. The maximum Gasteiger partial charge on any atom is 0.254 e. The first-order chi connectivity index (χ1) is 20.9. The Kier molecular flexibility index (Phi) is 8.43. The molecule has 0 spiro atoms. The third-order valence-electron chi connectivity index (χ3n) is 9.51. The fraction of sp³-hybridized carbons (Fsp3) is 0.531. The number of hydrogen-bond donors (Lipinski definition) is 1. The van der Waals surface area contributed by atoms with Crippen LogP contribution in [-0.2, 0) is 16.1 Å². The number of nitrogens with one attached hydrogen (secondary N) is 1. The first-order valence-corrected chi connectivity index (χ1v) is 15.3. The molecule has 4 heterocycles. The van der Waals surface area contributed by atoms with Gasteiger partial charge >= 0.3 is 0 Å². The second kappa shape index (κ2) is 12.4. The summed E-state index contributed by atoms with van der Waals surface area (Å²) in [5.74, 6) is 1.49. The second-order valence-electron chi connectivity index (χ2n) is 12.1. The average Bonchev–Trinajstić information content (AvgIpc) is 3.36. The summed E-state index contributed by atoms with van der Waals surface area (Å²) in [6.45, 7) is 8.58. The van der Waals surface area contributed by atoms with Gasteiger partial charge in [-0.25, -0.2) is 4.39 Å². The van der Waals surface area contributed by atoms with Crippen LogP contribution in [0.1, 0.15) is 48.5 Å². The minimum atomic E-state index is -0.341. The number of methoxy groups -OCH3 is 1. The highest BCUT2D eigenvalue weighted by Gasteiger charge is 2.39. The van der Waals surface area contributed by atoms with Gasteiger partial charge in [-0.3, -0.25) is 24.6 Å². The van der Waals surface area contributed by atoms with Crippen LogP contribution >= 0.6 is 0 Å². The largest absolute Gasteiger partial charge is 0.495 e. The molecule has 2 aromatic carbocycles. The molecule has 230 valence electrons. The van der Waals surface area contributed by atoms with E-state index in [0.29, 0.717) is 43.2 Å². The molecule has 6 rings (SSSR count). The molecule has 0 aromatic heterocycles. The maximum absolute atomic E-state index is 13.9. The Balaban J connectivity index is 1.04. The first kappa shape index (κ1) is 29.2. The predicted octanol–water partition coefficient (Wildman–Crippen LogP) is 3.03. The molecule has 2 fully saturated rings. The van der Waals surface area contributed by atoms with E-state index >= 15 is 0 Å². The molecule has 4 aliphatic heterocycles. The molecule has 1 N–H and O–H groups in total. The Morgan fingerprint density at radius 2 is 1.98 bits per heavy atom. The summed E-state index contributed by atoms with van der Waals surface area (Å²) in [7, 11) is 1.63. The molecule has 2 aromatic rings. The van der Waals surface area contributed by atoms with E-state index in [9.17, 15) is 18.8 Å². The van der Waals surface area contributed by atoms with Crippen molar-refractivity contribution in [3.63, 3.8) is 0 Å². The summed E-state index contributed by atoms with van der Waals surface area (Å²) in [5, 5.41) is 2.16. The summed E-state index contributed by atoms with van der Waals surface area (Å²) in [6, 6.07) is 8.76. The Morgan fingerprint density at radius 1 is 1.16 bits per heavy atom. The second-order valence-corrected chi connectivity index (χ2v) is 12.1. The van der Waals surface area contributed by atoms with Crippen molar-refractivity contribution in [2.45, 2.75) is 51.2 Å². The van der Waals surface area contributed by atoms with Gasteiger partial charge < -0.3 is 24.2 Å². The molecule has 2 saturated heterocycles. The number of carbonyl (C=O) groups excluding carboxylic acids is 3. The van der Waals surface area contributed by atoms with E-state index < -0.39 is 0 Å². The number of anilines is 2. The van der Waals surface area contributed by atoms with E-state index in [1.54, 1.807) is 24.1 Å². The van der Waals surface area contributed by atoms with Gasteiger partial charge in [0.25, 0.3) is 5.91 Å². The fourth-order valence-electron chi connectivity index (χ4n) is 7.10. The smallest absolute Gasteiger partial charge is 0.254 e. The van der Waals surface area contributed by atoms with E-state index in [0.717, 1.165) is 74.8 Å². The lowest BCUT2D eigenvalue weighted by Gasteiger charge is -2.47. The number of piperidine rings is 1. The third kappa shape index (κ3) is 5.87. The topological polar surface area (TPSA) is 94.7 Å². The fourth-order valence-corrected chi connectivity index (χ4v) is 7.10. The number of hydrogen-bond acceptors (Lipinski definition) is 8. The number of piperazine rings is 1. The molecular formula is C32H40FN5O5. The minimum absolute atomic E-state index is 0.0430. The molecule has 11 heteroatoms. The van der Waals surface area contributed by atoms with Crippen LogP contribution in [0.5, 0.6) is 11.5 Å². The summed E-state index contributed by atoms with van der Waals surface area (Å²) in [5.41, 5.74) is 3.48. The zero-order valence-corrected chi connectivity index (χ0v) is 24.9. The maximum atomic E-state index is 13.9. The van der Waals surface area contributed by atoms with Gasteiger partial charge in [0.1, 0.15) is 23.9 Å². The van der Waals surface area contributed by atoms with Crippen LogP contribution < -0.4 is 24.6 Å². The number of ether oxygens (including phenoxy) is 2. The average molecular weight is 594 g/mol. The summed E-state index contributed by atoms with van der Waals surface area (Å²) in [6.07, 6.45) is 3.16. The van der Waals surface area contributed by atoms with Crippen LogP contribution in [0.2, 0.25) is 0 Å². The van der Waals surface area contributed by atoms with Crippen molar-refractivity contribution < 1.29 is 28.2 Å². The van der Waals surface area contributed by atoms with Gasteiger partial charge in [-0.1, -0.05) is 0 Å². The molecule has 0 radical (unpaired) electrons. The van der Waals surface area contributed by atoms with Crippen LogP contribution in [0.25, 0.3) is 0 Å². The van der Waals surface area contributed by atoms with Crippen molar-refractivity contribution >= 4 is 29.6 Å². The highest BCUT2D eigenvalue weighted by Crippen LogP contribution is 2.43. The molecular weight excluding hydrogens is 553 g/mol. The van der Waals surface area contributed by atoms with E-state index in [-0.39, 0.29) is 36.1 Å². The Hall–Kier alpha value is -3.86. The number of amides is 3. The predicted molar refractivity (Wildman–Crippen MR) is 160 cm³/mol. The number of fused-ring (bicyclic) bond motifs is 5. The van der Waals surface area contributed by atoms with Gasteiger partial charge in [-0.2, -0.15) is 0 Å². The molecule has 2 unspecified atom stereocenters. The molecule has 43 heavy (non-hydrogen) atoms. The lowest BCUT2D eigenvalue weighted by atomic mass is 9.94. The van der Waals surface area contributed by atoms with Gasteiger partial charge in [-0.15, -0.1) is 0 Å². The van der Waals surface area contributed by atoms with Crippen molar-refractivity contribution in [2.24, 2.45) is 5.92 Å². The summed E-state index contributed by atoms with van der Waals surface area (Å²) >= 11 is 0. The molecule has 3 amide bonds. The van der Waals surface area contributed by atoms with Crippen LogP contribution in [0, 0.1) is 11.7 Å². The summed E-state index contributed by atoms with van der Waals surface area (Å²) < 4.78 is 25.8. The molecule has 0 saturated carbocycles. The van der Waals surface area contributed by atoms with Crippen molar-refractivity contribution in [2.75, 3.05) is 62.8 Å². The van der Waals surface area contributed by atoms with E-state index in [1.807, 2.05) is 19.1 Å². The first-order valence-electron chi connectivity index (χ1n) is 15.3. The third-order valence-corrected chi connectivity index (χ3v) is 9.51. The lowest BCUT2D eigenvalue weighted by molar-refractivity contribution is -0.125. The molecule has 10 nitrogen and oxygen atoms in total. The summed E-state index contributed by atoms with van der Waals surface area (Å²) in [4.78, 5) is 44.5. The number of nitrogens with zero attached hydrogens (tertiary/aromatic N) is 4. The Bertz CT molecular complexity index is 1380. The molecule has 0 bridgehead atoms. The number of carbonyl (C=O) groups is 3. The van der Waals surface area contributed by atoms with E-state index in [2.05, 4.69) is 20.0 Å². The quantitative estimate of drug-likeness (QED) is 0.444. The van der Waals surface area contributed by atoms with Crippen molar-refractivity contribution in [3.05, 3.63) is 47.3 Å². The SMILES string of the molecule is COc1ccc(F)cc1N1CCC(CN2CCN3c4ccc5c(c4OCC3C2)CN(C(C)CCC(=O)NC=O)C5=O)CC1. The van der Waals surface area contributed by atoms with Gasteiger partial charge in [-0.05, 0) is 56.4 Å². The van der Waals surface area contributed by atoms with Crippen molar-refractivity contribution in [1.29, 1.82) is 0 Å². The molecule has 2 atom stereocenters. The Labute approximate surface area is 251 Å². The number of imide groups is 1. The zero-order chi connectivity index (χ0) is 30.1. The van der Waals surface area contributed by atoms with Crippen LogP contribution in [0.4, 0.5) is 15.8 Å². The molecule has 0 aliphatic carbocycles. The highest BCUT2D eigenvalue weighted by molar-refractivity contribution is 6.00. The van der Waals surface area contributed by atoms with E-state index in [4.69, 9.17) is 9.47 Å².